The van der Waals surface area contributed by atoms with E-state index >= 15 is 0 Å². The van der Waals surface area contributed by atoms with Gasteiger partial charge in [0.25, 0.3) is 0 Å². The highest BCUT2D eigenvalue weighted by Gasteiger charge is 2.32. The molecule has 0 saturated carbocycles. The Morgan fingerprint density at radius 1 is 0.848 bits per heavy atom. The van der Waals surface area contributed by atoms with Gasteiger partial charge in [0.05, 0.1) is 12.2 Å². The highest BCUT2D eigenvalue weighted by Crippen LogP contribution is 2.36. The number of ether oxygens (including phenoxy) is 2. The van der Waals surface area contributed by atoms with Gasteiger partial charge in [-0.15, -0.1) is 13.2 Å². The van der Waals surface area contributed by atoms with Crippen LogP contribution in [0.15, 0.2) is 60.7 Å². The van der Waals surface area contributed by atoms with Crippen molar-refractivity contribution < 1.29 is 31.4 Å². The average Bonchev–Trinajstić information content (AvgIpc) is 3.23. The first-order valence-corrected chi connectivity index (χ1v) is 10.8. The standard InChI is InChI=1S/C26H23F5O2/c1-2-3-20-10-13-24(32-20)17-6-4-16(5-7-17)18-8-11-21(22(27)14-18)19-9-12-25(23(28)15-19)33-26(29,30)31/h4-9,11-12,14-15,20,24H,2-3,10,13H2,1H3. The van der Waals surface area contributed by atoms with Crippen molar-refractivity contribution in [1.29, 1.82) is 0 Å². The summed E-state index contributed by atoms with van der Waals surface area (Å²) in [5.41, 5.74) is 2.73. The molecule has 0 amide bonds. The Bertz CT molecular complexity index is 1110. The molecule has 0 spiro atoms. The van der Waals surface area contributed by atoms with Crippen molar-refractivity contribution in [1.82, 2.24) is 0 Å². The molecule has 0 N–H and O–H groups in total. The van der Waals surface area contributed by atoms with Crippen LogP contribution in [0.5, 0.6) is 5.75 Å². The first-order chi connectivity index (χ1) is 15.7. The second kappa shape index (κ2) is 9.51. The minimum absolute atomic E-state index is 0.0777. The van der Waals surface area contributed by atoms with Crippen LogP contribution in [0.2, 0.25) is 0 Å². The first kappa shape index (κ1) is 23.2. The molecule has 3 aromatic rings. The molecule has 0 aromatic heterocycles. The van der Waals surface area contributed by atoms with Crippen LogP contribution in [0.3, 0.4) is 0 Å². The molecule has 0 radical (unpaired) electrons. The van der Waals surface area contributed by atoms with Gasteiger partial charge in [-0.25, -0.2) is 8.78 Å². The summed E-state index contributed by atoms with van der Waals surface area (Å²) in [6, 6.07) is 15.1. The van der Waals surface area contributed by atoms with Gasteiger partial charge in [0, 0.05) is 5.56 Å². The zero-order valence-corrected chi connectivity index (χ0v) is 18.0. The van der Waals surface area contributed by atoms with E-state index in [4.69, 9.17) is 4.74 Å². The van der Waals surface area contributed by atoms with E-state index in [0.29, 0.717) is 11.7 Å². The topological polar surface area (TPSA) is 18.5 Å². The lowest BCUT2D eigenvalue weighted by Crippen LogP contribution is -2.17. The van der Waals surface area contributed by atoms with Crippen molar-refractivity contribution in [2.24, 2.45) is 0 Å². The monoisotopic (exact) mass is 462 g/mol. The third kappa shape index (κ3) is 5.53. The summed E-state index contributed by atoms with van der Waals surface area (Å²) >= 11 is 0. The maximum absolute atomic E-state index is 14.8. The predicted octanol–water partition coefficient (Wildman–Crippen LogP) is 8.22. The van der Waals surface area contributed by atoms with E-state index in [9.17, 15) is 22.0 Å². The fourth-order valence-electron chi connectivity index (χ4n) is 4.18. The number of halogens is 5. The van der Waals surface area contributed by atoms with E-state index in [1.807, 2.05) is 24.3 Å². The van der Waals surface area contributed by atoms with Gasteiger partial charge in [-0.2, -0.15) is 0 Å². The smallest absolute Gasteiger partial charge is 0.403 e. The molecule has 2 nitrogen and oxygen atoms in total. The van der Waals surface area contributed by atoms with Gasteiger partial charge in [0.15, 0.2) is 11.6 Å². The van der Waals surface area contributed by atoms with Crippen LogP contribution in [-0.2, 0) is 4.74 Å². The summed E-state index contributed by atoms with van der Waals surface area (Å²) in [6.45, 7) is 2.14. The molecule has 1 heterocycles. The van der Waals surface area contributed by atoms with Gasteiger partial charge >= 0.3 is 6.36 Å². The molecule has 0 aliphatic carbocycles. The van der Waals surface area contributed by atoms with Crippen LogP contribution in [0, 0.1) is 11.6 Å². The molecule has 7 heteroatoms. The van der Waals surface area contributed by atoms with Crippen molar-refractivity contribution >= 4 is 0 Å². The Balaban J connectivity index is 1.50. The van der Waals surface area contributed by atoms with Crippen molar-refractivity contribution in [3.05, 3.63) is 77.9 Å². The molecule has 174 valence electrons. The summed E-state index contributed by atoms with van der Waals surface area (Å²) in [4.78, 5) is 0. The fourth-order valence-corrected chi connectivity index (χ4v) is 4.18. The molecular formula is C26H23F5O2. The minimum Gasteiger partial charge on any atom is -0.403 e. The normalized spacial score (nSPS) is 18.5. The third-order valence-electron chi connectivity index (χ3n) is 5.77. The molecular weight excluding hydrogens is 439 g/mol. The van der Waals surface area contributed by atoms with Crippen LogP contribution in [0.25, 0.3) is 22.3 Å². The number of hydrogen-bond acceptors (Lipinski definition) is 2. The van der Waals surface area contributed by atoms with Gasteiger partial charge in [0.2, 0.25) is 0 Å². The van der Waals surface area contributed by atoms with Crippen LogP contribution in [0.4, 0.5) is 22.0 Å². The second-order valence-corrected chi connectivity index (χ2v) is 8.12. The maximum atomic E-state index is 14.8. The molecule has 2 atom stereocenters. The van der Waals surface area contributed by atoms with Crippen molar-refractivity contribution in [3.8, 4) is 28.0 Å². The van der Waals surface area contributed by atoms with Crippen LogP contribution < -0.4 is 4.74 Å². The highest BCUT2D eigenvalue weighted by atomic mass is 19.4. The highest BCUT2D eigenvalue weighted by molar-refractivity contribution is 5.71. The van der Waals surface area contributed by atoms with Gasteiger partial charge in [-0.1, -0.05) is 55.8 Å². The maximum Gasteiger partial charge on any atom is 0.573 e. The quantitative estimate of drug-likeness (QED) is 0.344. The Kier molecular flexibility index (Phi) is 6.70. The molecule has 1 aliphatic rings. The number of rotatable bonds is 6. The molecule has 1 fully saturated rings. The molecule has 2 unspecified atom stereocenters. The van der Waals surface area contributed by atoms with E-state index < -0.39 is 23.7 Å². The Morgan fingerprint density at radius 3 is 2.15 bits per heavy atom. The SMILES string of the molecule is CCCC1CCC(c2ccc(-c3ccc(-c4ccc(OC(F)(F)F)c(F)c4)c(F)c3)cc2)O1. The lowest BCUT2D eigenvalue weighted by molar-refractivity contribution is -0.275. The number of benzene rings is 3. The van der Waals surface area contributed by atoms with Crippen molar-refractivity contribution in [2.45, 2.75) is 51.2 Å². The van der Waals surface area contributed by atoms with E-state index in [0.717, 1.165) is 48.9 Å². The third-order valence-corrected chi connectivity index (χ3v) is 5.77. The van der Waals surface area contributed by atoms with Gasteiger partial charge in [-0.05, 0) is 59.7 Å². The van der Waals surface area contributed by atoms with Crippen LogP contribution in [0.1, 0.15) is 44.3 Å². The zero-order valence-electron chi connectivity index (χ0n) is 18.0. The van der Waals surface area contributed by atoms with Crippen molar-refractivity contribution in [3.63, 3.8) is 0 Å². The summed E-state index contributed by atoms with van der Waals surface area (Å²) in [5.74, 6) is -2.79. The molecule has 33 heavy (non-hydrogen) atoms. The summed E-state index contributed by atoms with van der Waals surface area (Å²) in [5, 5.41) is 0. The van der Waals surface area contributed by atoms with E-state index in [-0.39, 0.29) is 17.2 Å². The van der Waals surface area contributed by atoms with E-state index in [1.54, 1.807) is 6.07 Å². The average molecular weight is 462 g/mol. The Morgan fingerprint density at radius 2 is 1.52 bits per heavy atom. The lowest BCUT2D eigenvalue weighted by Gasteiger charge is -2.14. The largest absolute Gasteiger partial charge is 0.573 e. The summed E-state index contributed by atoms with van der Waals surface area (Å²) in [6.07, 6.45) is -0.438. The van der Waals surface area contributed by atoms with Crippen molar-refractivity contribution in [2.75, 3.05) is 0 Å². The van der Waals surface area contributed by atoms with Gasteiger partial charge < -0.3 is 9.47 Å². The number of alkyl halides is 3. The van der Waals surface area contributed by atoms with E-state index in [1.165, 1.54) is 18.2 Å². The predicted molar refractivity (Wildman–Crippen MR) is 116 cm³/mol. The van der Waals surface area contributed by atoms with E-state index in [2.05, 4.69) is 11.7 Å². The summed E-state index contributed by atoms with van der Waals surface area (Å²) < 4.78 is 75.5. The zero-order chi connectivity index (χ0) is 23.6. The number of hydrogen-bond donors (Lipinski definition) is 0. The Hall–Kier alpha value is -2.93. The second-order valence-electron chi connectivity index (χ2n) is 8.12. The van der Waals surface area contributed by atoms with Gasteiger partial charge in [0.1, 0.15) is 5.82 Å². The van der Waals surface area contributed by atoms with Crippen LogP contribution >= 0.6 is 0 Å². The first-order valence-electron chi connectivity index (χ1n) is 10.8. The molecule has 1 saturated heterocycles. The molecule has 0 bridgehead atoms. The molecule has 3 aromatic carbocycles. The van der Waals surface area contributed by atoms with Gasteiger partial charge in [-0.3, -0.25) is 0 Å². The fraction of sp³-hybridized carbons (Fsp3) is 0.308. The minimum atomic E-state index is -5.01. The lowest BCUT2D eigenvalue weighted by atomic mass is 9.97. The molecule has 4 rings (SSSR count). The molecule has 1 aliphatic heterocycles. The summed E-state index contributed by atoms with van der Waals surface area (Å²) in [7, 11) is 0. The van der Waals surface area contributed by atoms with Crippen LogP contribution in [-0.4, -0.2) is 12.5 Å². The Labute approximate surface area is 189 Å².